The first kappa shape index (κ1) is 15.7. The van der Waals surface area contributed by atoms with E-state index in [1.807, 2.05) is 0 Å². The standard InChI is InChI=1S/C14H21N3O4/c1-14(20)5-7-16(8-6-14)13(19)11-3-4-12(18)17(15-11)9-10-21-2/h3-4,20H,5-10H2,1-2H3. The molecule has 116 valence electrons. The molecule has 1 fully saturated rings. The first-order chi connectivity index (χ1) is 9.93. The summed E-state index contributed by atoms with van der Waals surface area (Å²) in [4.78, 5) is 25.7. The fourth-order valence-corrected chi connectivity index (χ4v) is 2.25. The SMILES string of the molecule is COCCn1nc(C(=O)N2CCC(C)(O)CC2)ccc1=O. The molecule has 0 spiro atoms. The molecule has 0 saturated carbocycles. The summed E-state index contributed by atoms with van der Waals surface area (Å²) >= 11 is 0. The van der Waals surface area contributed by atoms with Gasteiger partial charge in [-0.25, -0.2) is 4.68 Å². The molecule has 0 aliphatic carbocycles. The quantitative estimate of drug-likeness (QED) is 0.837. The number of nitrogens with zero attached hydrogens (tertiary/aromatic N) is 3. The summed E-state index contributed by atoms with van der Waals surface area (Å²) in [5, 5.41) is 14.0. The van der Waals surface area contributed by atoms with E-state index >= 15 is 0 Å². The van der Waals surface area contributed by atoms with Gasteiger partial charge in [-0.05, 0) is 25.8 Å². The summed E-state index contributed by atoms with van der Waals surface area (Å²) in [5.74, 6) is -0.211. The lowest BCUT2D eigenvalue weighted by molar-refractivity contribution is -0.00227. The summed E-state index contributed by atoms with van der Waals surface area (Å²) in [7, 11) is 1.54. The van der Waals surface area contributed by atoms with Crippen LogP contribution in [0.3, 0.4) is 0 Å². The van der Waals surface area contributed by atoms with E-state index in [0.717, 1.165) is 0 Å². The van der Waals surface area contributed by atoms with Gasteiger partial charge in [0.15, 0.2) is 0 Å². The van der Waals surface area contributed by atoms with E-state index in [1.165, 1.54) is 16.8 Å². The van der Waals surface area contributed by atoms with Gasteiger partial charge in [0.25, 0.3) is 11.5 Å². The molecule has 7 heteroatoms. The highest BCUT2D eigenvalue weighted by molar-refractivity contribution is 5.92. The fourth-order valence-electron chi connectivity index (χ4n) is 2.25. The molecule has 1 aromatic rings. The maximum atomic E-state index is 12.4. The lowest BCUT2D eigenvalue weighted by atomic mass is 9.94. The Hall–Kier alpha value is -1.73. The second-order valence-electron chi connectivity index (χ2n) is 5.56. The van der Waals surface area contributed by atoms with Crippen molar-refractivity contribution >= 4 is 5.91 Å². The average Bonchev–Trinajstić information content (AvgIpc) is 2.46. The van der Waals surface area contributed by atoms with Gasteiger partial charge in [0.1, 0.15) is 5.69 Å². The number of aliphatic hydroxyl groups is 1. The predicted octanol–water partition coefficient (Wildman–Crippen LogP) is -0.123. The number of ether oxygens (including phenoxy) is 1. The Kier molecular flexibility index (Phi) is 4.74. The van der Waals surface area contributed by atoms with Crippen molar-refractivity contribution in [2.75, 3.05) is 26.8 Å². The van der Waals surface area contributed by atoms with E-state index in [9.17, 15) is 14.7 Å². The van der Waals surface area contributed by atoms with Crippen LogP contribution in [-0.4, -0.2) is 58.1 Å². The van der Waals surface area contributed by atoms with Crippen molar-refractivity contribution in [3.05, 3.63) is 28.2 Å². The van der Waals surface area contributed by atoms with Crippen molar-refractivity contribution in [1.29, 1.82) is 0 Å². The number of methoxy groups -OCH3 is 1. The predicted molar refractivity (Wildman–Crippen MR) is 76.1 cm³/mol. The summed E-state index contributed by atoms with van der Waals surface area (Å²) in [5.41, 5.74) is -0.723. The van der Waals surface area contributed by atoms with Crippen molar-refractivity contribution in [2.45, 2.75) is 31.9 Å². The molecule has 2 heterocycles. The van der Waals surface area contributed by atoms with E-state index in [1.54, 1.807) is 18.9 Å². The number of likely N-dealkylation sites (tertiary alicyclic amines) is 1. The normalized spacial score (nSPS) is 17.8. The van der Waals surface area contributed by atoms with Crippen LogP contribution >= 0.6 is 0 Å². The second kappa shape index (κ2) is 6.36. The molecule has 1 aliphatic heterocycles. The molecule has 0 aromatic carbocycles. The van der Waals surface area contributed by atoms with Crippen molar-refractivity contribution < 1.29 is 14.6 Å². The Morgan fingerprint density at radius 1 is 1.43 bits per heavy atom. The monoisotopic (exact) mass is 295 g/mol. The van der Waals surface area contributed by atoms with Crippen LogP contribution < -0.4 is 5.56 Å². The van der Waals surface area contributed by atoms with Gasteiger partial charge in [0.05, 0.1) is 18.8 Å². The molecule has 1 amide bonds. The van der Waals surface area contributed by atoms with Gasteiger partial charge >= 0.3 is 0 Å². The molecule has 0 bridgehead atoms. The molecule has 1 saturated heterocycles. The topological polar surface area (TPSA) is 84.7 Å². The minimum Gasteiger partial charge on any atom is -0.390 e. The van der Waals surface area contributed by atoms with E-state index in [-0.39, 0.29) is 17.2 Å². The van der Waals surface area contributed by atoms with Crippen LogP contribution in [0, 0.1) is 0 Å². The van der Waals surface area contributed by atoms with Gasteiger partial charge in [-0.1, -0.05) is 0 Å². The molecule has 7 nitrogen and oxygen atoms in total. The Morgan fingerprint density at radius 3 is 2.71 bits per heavy atom. The number of aromatic nitrogens is 2. The van der Waals surface area contributed by atoms with Crippen LogP contribution in [-0.2, 0) is 11.3 Å². The maximum absolute atomic E-state index is 12.4. The third kappa shape index (κ3) is 3.89. The Bertz CT molecular complexity index is 558. The number of hydrogen-bond donors (Lipinski definition) is 1. The number of rotatable bonds is 4. The smallest absolute Gasteiger partial charge is 0.274 e. The van der Waals surface area contributed by atoms with E-state index in [4.69, 9.17) is 4.74 Å². The molecular weight excluding hydrogens is 274 g/mol. The van der Waals surface area contributed by atoms with Crippen molar-refractivity contribution in [2.24, 2.45) is 0 Å². The van der Waals surface area contributed by atoms with Gasteiger partial charge in [0, 0.05) is 26.3 Å². The lowest BCUT2D eigenvalue weighted by Gasteiger charge is -2.35. The average molecular weight is 295 g/mol. The fraction of sp³-hybridized carbons (Fsp3) is 0.643. The summed E-state index contributed by atoms with van der Waals surface area (Å²) in [6.07, 6.45) is 1.09. The molecular formula is C14H21N3O4. The van der Waals surface area contributed by atoms with Gasteiger partial charge in [-0.15, -0.1) is 0 Å². The molecule has 21 heavy (non-hydrogen) atoms. The van der Waals surface area contributed by atoms with E-state index in [0.29, 0.717) is 39.1 Å². The number of hydrogen-bond acceptors (Lipinski definition) is 5. The van der Waals surface area contributed by atoms with Crippen LogP contribution in [0.5, 0.6) is 0 Å². The van der Waals surface area contributed by atoms with Crippen LogP contribution in [0.2, 0.25) is 0 Å². The van der Waals surface area contributed by atoms with Gasteiger partial charge < -0.3 is 14.7 Å². The Balaban J connectivity index is 2.11. The van der Waals surface area contributed by atoms with Crippen molar-refractivity contribution in [3.8, 4) is 0 Å². The van der Waals surface area contributed by atoms with Gasteiger partial charge in [0.2, 0.25) is 0 Å². The highest BCUT2D eigenvalue weighted by Crippen LogP contribution is 2.21. The van der Waals surface area contributed by atoms with Gasteiger partial charge in [-0.2, -0.15) is 5.10 Å². The van der Waals surface area contributed by atoms with Crippen molar-refractivity contribution in [1.82, 2.24) is 14.7 Å². The molecule has 0 unspecified atom stereocenters. The summed E-state index contributed by atoms with van der Waals surface area (Å²) < 4.78 is 6.15. The minimum absolute atomic E-state index is 0.211. The zero-order chi connectivity index (χ0) is 15.5. The highest BCUT2D eigenvalue weighted by atomic mass is 16.5. The zero-order valence-corrected chi connectivity index (χ0v) is 12.4. The molecule has 1 aromatic heterocycles. The summed E-state index contributed by atoms with van der Waals surface area (Å²) in [6.45, 7) is 3.43. The van der Waals surface area contributed by atoms with E-state index < -0.39 is 5.60 Å². The highest BCUT2D eigenvalue weighted by Gasteiger charge is 2.30. The number of amides is 1. The maximum Gasteiger partial charge on any atom is 0.274 e. The van der Waals surface area contributed by atoms with Crippen LogP contribution in [0.4, 0.5) is 0 Å². The molecule has 1 N–H and O–H groups in total. The summed E-state index contributed by atoms with van der Waals surface area (Å²) in [6, 6.07) is 2.79. The molecule has 0 atom stereocenters. The Labute approximate surface area is 123 Å². The first-order valence-corrected chi connectivity index (χ1v) is 7.02. The Morgan fingerprint density at radius 2 is 2.10 bits per heavy atom. The van der Waals surface area contributed by atoms with Crippen LogP contribution in [0.25, 0.3) is 0 Å². The number of piperidine rings is 1. The van der Waals surface area contributed by atoms with E-state index in [2.05, 4.69) is 5.10 Å². The zero-order valence-electron chi connectivity index (χ0n) is 12.4. The first-order valence-electron chi connectivity index (χ1n) is 7.02. The number of carbonyl (C=O) groups is 1. The van der Waals surface area contributed by atoms with Crippen LogP contribution in [0.15, 0.2) is 16.9 Å². The molecule has 2 rings (SSSR count). The minimum atomic E-state index is -0.707. The van der Waals surface area contributed by atoms with Crippen molar-refractivity contribution in [3.63, 3.8) is 0 Å². The lowest BCUT2D eigenvalue weighted by Crippen LogP contribution is -2.45. The van der Waals surface area contributed by atoms with Crippen LogP contribution in [0.1, 0.15) is 30.3 Å². The molecule has 1 aliphatic rings. The number of carbonyl (C=O) groups excluding carboxylic acids is 1. The molecule has 0 radical (unpaired) electrons. The third-order valence-corrected chi connectivity index (χ3v) is 3.72. The largest absolute Gasteiger partial charge is 0.390 e. The second-order valence-corrected chi connectivity index (χ2v) is 5.56. The van der Waals surface area contributed by atoms with Gasteiger partial charge in [-0.3, -0.25) is 9.59 Å². The third-order valence-electron chi connectivity index (χ3n) is 3.72.